The van der Waals surface area contributed by atoms with Crippen molar-refractivity contribution in [3.63, 3.8) is 0 Å². The minimum Gasteiger partial charge on any atom is -0.495 e. The molecule has 0 amide bonds. The average Bonchev–Trinajstić information content (AvgIpc) is 3.76. The molecule has 7 rings (SSSR count). The number of aromatic amines is 2. The maximum Gasteiger partial charge on any atom is 0.159 e. The Balaban J connectivity index is 1.23. The van der Waals surface area contributed by atoms with Crippen LogP contribution in [0, 0.1) is 5.82 Å². The van der Waals surface area contributed by atoms with Crippen LogP contribution in [0.15, 0.2) is 67.1 Å². The molecule has 9 nitrogen and oxygen atoms in total. The minimum atomic E-state index is -0.350. The quantitative estimate of drug-likeness (QED) is 0.245. The van der Waals surface area contributed by atoms with Crippen molar-refractivity contribution in [2.45, 2.75) is 12.8 Å². The molecule has 0 radical (unpaired) electrons. The number of hydrogen-bond donors (Lipinski definition) is 2. The molecule has 0 unspecified atom stereocenters. The second-order valence-electron chi connectivity index (χ2n) is 10.2. The molecule has 2 aromatic carbocycles. The molecule has 5 heterocycles. The van der Waals surface area contributed by atoms with Crippen LogP contribution in [0.4, 0.5) is 4.39 Å². The summed E-state index contributed by atoms with van der Waals surface area (Å²) >= 11 is 0. The number of pyridine rings is 2. The number of methoxy groups -OCH3 is 1. The maximum atomic E-state index is 14.7. The summed E-state index contributed by atoms with van der Waals surface area (Å²) < 4.78 is 26.0. The van der Waals surface area contributed by atoms with Crippen LogP contribution in [0.25, 0.3) is 55.8 Å². The van der Waals surface area contributed by atoms with Crippen molar-refractivity contribution < 1.29 is 13.9 Å². The number of rotatable bonds is 8. The molecule has 0 atom stereocenters. The lowest BCUT2D eigenvalue weighted by molar-refractivity contribution is 0.237. The molecule has 41 heavy (non-hydrogen) atoms. The van der Waals surface area contributed by atoms with Crippen LogP contribution in [-0.4, -0.2) is 68.4 Å². The van der Waals surface area contributed by atoms with Gasteiger partial charge >= 0.3 is 0 Å². The highest BCUT2D eigenvalue weighted by Crippen LogP contribution is 2.34. The molecule has 1 saturated heterocycles. The minimum absolute atomic E-state index is 0.350. The Labute approximate surface area is 235 Å². The molecule has 0 spiro atoms. The molecule has 206 valence electrons. The molecular formula is C31H28FN7O2. The van der Waals surface area contributed by atoms with Gasteiger partial charge in [0.25, 0.3) is 0 Å². The normalized spacial score (nSPS) is 13.8. The molecule has 0 aliphatic carbocycles. The topological polar surface area (TPSA) is 105 Å². The predicted molar refractivity (Wildman–Crippen MR) is 155 cm³/mol. The summed E-state index contributed by atoms with van der Waals surface area (Å²) in [5, 5.41) is 8.45. The zero-order chi connectivity index (χ0) is 27.8. The summed E-state index contributed by atoms with van der Waals surface area (Å²) in [7, 11) is 1.61. The SMILES string of the molecule is COc1cncc(-c2cc3c(-c4nc5c(-c6cc(F)cc(OCCN7CCCC7)c6)cccc5[nH]4)n[nH]c3cn2)c1. The Morgan fingerprint density at radius 3 is 2.71 bits per heavy atom. The number of benzene rings is 2. The van der Waals surface area contributed by atoms with Crippen LogP contribution in [0.5, 0.6) is 11.5 Å². The van der Waals surface area contributed by atoms with E-state index in [0.717, 1.165) is 58.4 Å². The lowest BCUT2D eigenvalue weighted by atomic mass is 10.0. The first-order valence-electron chi connectivity index (χ1n) is 13.6. The number of aromatic nitrogens is 6. The molecule has 10 heteroatoms. The molecule has 1 aliphatic heterocycles. The number of para-hydroxylation sites is 1. The largest absolute Gasteiger partial charge is 0.495 e. The van der Waals surface area contributed by atoms with Gasteiger partial charge in [0.15, 0.2) is 5.82 Å². The summed E-state index contributed by atoms with van der Waals surface area (Å²) in [5.41, 5.74) is 6.05. The van der Waals surface area contributed by atoms with E-state index in [1.54, 1.807) is 25.7 Å². The van der Waals surface area contributed by atoms with Gasteiger partial charge in [-0.15, -0.1) is 0 Å². The zero-order valence-corrected chi connectivity index (χ0v) is 22.5. The Morgan fingerprint density at radius 2 is 1.83 bits per heavy atom. The van der Waals surface area contributed by atoms with Crippen molar-refractivity contribution in [2.75, 3.05) is 33.4 Å². The molecule has 4 aromatic heterocycles. The van der Waals surface area contributed by atoms with Crippen molar-refractivity contribution >= 4 is 21.9 Å². The maximum absolute atomic E-state index is 14.7. The summed E-state index contributed by atoms with van der Waals surface area (Å²) in [6, 6.07) is 14.5. The van der Waals surface area contributed by atoms with Gasteiger partial charge in [-0.3, -0.25) is 20.0 Å². The van der Waals surface area contributed by atoms with Crippen LogP contribution in [0.1, 0.15) is 12.8 Å². The highest BCUT2D eigenvalue weighted by atomic mass is 19.1. The zero-order valence-electron chi connectivity index (χ0n) is 22.5. The number of fused-ring (bicyclic) bond motifs is 2. The summed E-state index contributed by atoms with van der Waals surface area (Å²) in [6.07, 6.45) is 7.59. The third-order valence-corrected chi connectivity index (χ3v) is 7.49. The number of ether oxygens (including phenoxy) is 2. The van der Waals surface area contributed by atoms with E-state index in [9.17, 15) is 4.39 Å². The van der Waals surface area contributed by atoms with Gasteiger partial charge in [0.1, 0.15) is 29.6 Å². The molecular weight excluding hydrogens is 521 g/mol. The van der Waals surface area contributed by atoms with Gasteiger partial charge in [0.2, 0.25) is 0 Å². The molecule has 6 aromatic rings. The lowest BCUT2D eigenvalue weighted by Crippen LogP contribution is -2.25. The van der Waals surface area contributed by atoms with E-state index in [2.05, 4.69) is 30.0 Å². The monoisotopic (exact) mass is 549 g/mol. The third-order valence-electron chi connectivity index (χ3n) is 7.49. The molecule has 0 saturated carbocycles. The van der Waals surface area contributed by atoms with Gasteiger partial charge in [-0.1, -0.05) is 12.1 Å². The van der Waals surface area contributed by atoms with Crippen LogP contribution in [-0.2, 0) is 0 Å². The predicted octanol–water partition coefficient (Wildman–Crippen LogP) is 5.85. The van der Waals surface area contributed by atoms with Crippen LogP contribution < -0.4 is 9.47 Å². The van der Waals surface area contributed by atoms with Crippen molar-refractivity contribution in [3.8, 4) is 45.4 Å². The molecule has 0 bridgehead atoms. The van der Waals surface area contributed by atoms with E-state index < -0.39 is 0 Å². The van der Waals surface area contributed by atoms with Crippen molar-refractivity contribution in [1.82, 2.24) is 35.0 Å². The van der Waals surface area contributed by atoms with Crippen molar-refractivity contribution in [1.29, 1.82) is 0 Å². The Kier molecular flexibility index (Phi) is 6.52. The van der Waals surface area contributed by atoms with Crippen molar-refractivity contribution in [2.24, 2.45) is 0 Å². The smallest absolute Gasteiger partial charge is 0.159 e. The number of imidazole rings is 1. The van der Waals surface area contributed by atoms with Gasteiger partial charge in [-0.25, -0.2) is 9.37 Å². The molecule has 1 fully saturated rings. The van der Waals surface area contributed by atoms with Gasteiger partial charge < -0.3 is 14.5 Å². The summed E-state index contributed by atoms with van der Waals surface area (Å²) in [4.78, 5) is 19.5. The van der Waals surface area contributed by atoms with Gasteiger partial charge in [-0.05, 0) is 61.8 Å². The van der Waals surface area contributed by atoms with Gasteiger partial charge in [0.05, 0.1) is 41.7 Å². The van der Waals surface area contributed by atoms with E-state index in [1.165, 1.54) is 25.0 Å². The van der Waals surface area contributed by atoms with E-state index in [1.807, 2.05) is 36.4 Å². The number of hydrogen-bond acceptors (Lipinski definition) is 7. The van der Waals surface area contributed by atoms with Gasteiger partial charge in [0, 0.05) is 35.3 Å². The lowest BCUT2D eigenvalue weighted by Gasteiger charge is -2.15. The van der Waals surface area contributed by atoms with Gasteiger partial charge in [-0.2, -0.15) is 5.10 Å². The summed E-state index contributed by atoms with van der Waals surface area (Å²) in [6.45, 7) is 3.56. The Morgan fingerprint density at radius 1 is 0.951 bits per heavy atom. The first kappa shape index (κ1) is 25.2. The highest BCUT2D eigenvalue weighted by molar-refractivity contribution is 5.97. The average molecular weight is 550 g/mol. The number of H-pyrrole nitrogens is 2. The first-order valence-corrected chi connectivity index (χ1v) is 13.6. The van der Waals surface area contributed by atoms with E-state index in [0.29, 0.717) is 35.2 Å². The standard InChI is InChI=1S/C31H28FN7O2/c1-40-23-13-20(16-33-17-23)27-15-25-28(18-34-27)37-38-30(25)31-35-26-6-4-5-24(29(26)36-31)19-11-21(32)14-22(12-19)41-10-9-39-7-2-3-8-39/h4-6,11-18H,2-3,7-10H2,1H3,(H,35,36)(H,37,38). The Bertz CT molecular complexity index is 1860. The van der Waals surface area contributed by atoms with Crippen LogP contribution in [0.3, 0.4) is 0 Å². The molecule has 1 aliphatic rings. The number of halogens is 1. The number of likely N-dealkylation sites (tertiary alicyclic amines) is 1. The fraction of sp³-hybridized carbons (Fsp3) is 0.226. The second-order valence-corrected chi connectivity index (χ2v) is 10.2. The fourth-order valence-electron chi connectivity index (χ4n) is 5.40. The molecule has 2 N–H and O–H groups in total. The second kappa shape index (κ2) is 10.6. The van der Waals surface area contributed by atoms with E-state index >= 15 is 0 Å². The Hall–Kier alpha value is -4.83. The summed E-state index contributed by atoms with van der Waals surface area (Å²) in [5.74, 6) is 1.41. The first-order chi connectivity index (χ1) is 20.1. The van der Waals surface area contributed by atoms with E-state index in [4.69, 9.17) is 14.5 Å². The fourth-order valence-corrected chi connectivity index (χ4v) is 5.40. The third kappa shape index (κ3) is 4.98. The van der Waals surface area contributed by atoms with E-state index in [-0.39, 0.29) is 5.82 Å². The number of nitrogens with one attached hydrogen (secondary N) is 2. The van der Waals surface area contributed by atoms with Crippen molar-refractivity contribution in [3.05, 3.63) is 72.9 Å². The number of nitrogens with zero attached hydrogens (tertiary/aromatic N) is 5. The highest BCUT2D eigenvalue weighted by Gasteiger charge is 2.17. The van der Waals surface area contributed by atoms with Crippen LogP contribution in [0.2, 0.25) is 0 Å². The van der Waals surface area contributed by atoms with Crippen LogP contribution >= 0.6 is 0 Å².